The Hall–Kier alpha value is -1.72. The van der Waals surface area contributed by atoms with Crippen LogP contribution in [0.5, 0.6) is 0 Å². The Labute approximate surface area is 143 Å². The first-order valence-corrected chi connectivity index (χ1v) is 9.64. The standard InChI is InChI=1S/C19H23NO3S/c1-12(2)11-20-13(3)19(4,5)18-16-10-15(24(21,22)23)8-6-14(16)7-9-17(18)20/h6-10,12H,11H2,1-5H3/p+1. The van der Waals surface area contributed by atoms with E-state index in [0.29, 0.717) is 5.92 Å². The normalized spacial score (nSPS) is 17.0. The number of hydrogen-bond donors (Lipinski definition) is 1. The molecule has 0 fully saturated rings. The Kier molecular flexibility index (Phi) is 3.85. The van der Waals surface area contributed by atoms with Gasteiger partial charge < -0.3 is 0 Å². The highest BCUT2D eigenvalue weighted by Crippen LogP contribution is 2.44. The molecule has 0 unspecified atom stereocenters. The lowest BCUT2D eigenvalue weighted by molar-refractivity contribution is -0.446. The lowest BCUT2D eigenvalue weighted by Gasteiger charge is -2.17. The lowest BCUT2D eigenvalue weighted by Crippen LogP contribution is -2.27. The number of rotatable bonds is 3. The van der Waals surface area contributed by atoms with Gasteiger partial charge in [-0.2, -0.15) is 13.0 Å². The SMILES string of the molecule is CC1=[N+](CC(C)C)c2ccc3ccc(S(=O)(=O)O)cc3c2C1(C)C. The van der Waals surface area contributed by atoms with Gasteiger partial charge >= 0.3 is 0 Å². The van der Waals surface area contributed by atoms with Gasteiger partial charge in [0.1, 0.15) is 0 Å². The summed E-state index contributed by atoms with van der Waals surface area (Å²) >= 11 is 0. The van der Waals surface area contributed by atoms with Crippen LogP contribution in [0.2, 0.25) is 0 Å². The van der Waals surface area contributed by atoms with Crippen molar-refractivity contribution in [2.45, 2.75) is 44.9 Å². The third-order valence-corrected chi connectivity index (χ3v) is 5.89. The molecule has 0 radical (unpaired) electrons. The molecule has 0 saturated carbocycles. The Morgan fingerprint density at radius 2 is 1.79 bits per heavy atom. The number of fused-ring (bicyclic) bond motifs is 3. The van der Waals surface area contributed by atoms with Gasteiger partial charge in [-0.15, -0.1) is 0 Å². The highest BCUT2D eigenvalue weighted by Gasteiger charge is 2.44. The van der Waals surface area contributed by atoms with Gasteiger partial charge in [-0.3, -0.25) is 4.55 Å². The van der Waals surface area contributed by atoms with Crippen LogP contribution < -0.4 is 0 Å². The zero-order valence-corrected chi connectivity index (χ0v) is 15.6. The fourth-order valence-electron chi connectivity index (χ4n) is 3.63. The van der Waals surface area contributed by atoms with Crippen LogP contribution in [0.4, 0.5) is 5.69 Å². The Bertz CT molecular complexity index is 970. The van der Waals surface area contributed by atoms with Crippen molar-refractivity contribution in [3.8, 4) is 0 Å². The molecule has 0 saturated heterocycles. The van der Waals surface area contributed by atoms with Gasteiger partial charge in [-0.05, 0) is 42.8 Å². The van der Waals surface area contributed by atoms with Crippen LogP contribution >= 0.6 is 0 Å². The van der Waals surface area contributed by atoms with E-state index in [-0.39, 0.29) is 10.3 Å². The zero-order chi connectivity index (χ0) is 17.9. The van der Waals surface area contributed by atoms with E-state index in [9.17, 15) is 13.0 Å². The van der Waals surface area contributed by atoms with Crippen molar-refractivity contribution >= 4 is 32.3 Å². The van der Waals surface area contributed by atoms with Crippen LogP contribution in [-0.4, -0.2) is 29.8 Å². The van der Waals surface area contributed by atoms with E-state index < -0.39 is 10.1 Å². The van der Waals surface area contributed by atoms with E-state index in [2.05, 4.69) is 45.3 Å². The first-order valence-electron chi connectivity index (χ1n) is 8.20. The summed E-state index contributed by atoms with van der Waals surface area (Å²) in [5, 5.41) is 1.87. The Morgan fingerprint density at radius 3 is 2.38 bits per heavy atom. The minimum atomic E-state index is -4.22. The molecule has 2 aromatic carbocycles. The van der Waals surface area contributed by atoms with Crippen molar-refractivity contribution in [3.63, 3.8) is 0 Å². The lowest BCUT2D eigenvalue weighted by atomic mass is 9.80. The smallest absolute Gasteiger partial charge is 0.282 e. The summed E-state index contributed by atoms with van der Waals surface area (Å²) in [4.78, 5) is -0.0563. The van der Waals surface area contributed by atoms with Crippen molar-refractivity contribution in [1.82, 2.24) is 0 Å². The van der Waals surface area contributed by atoms with E-state index in [1.54, 1.807) is 12.1 Å². The molecular formula is C19H24NO3S+. The van der Waals surface area contributed by atoms with Crippen LogP contribution in [-0.2, 0) is 15.5 Å². The van der Waals surface area contributed by atoms with E-state index in [1.807, 2.05) is 6.07 Å². The van der Waals surface area contributed by atoms with Gasteiger partial charge in [-0.1, -0.05) is 19.9 Å². The molecule has 0 spiro atoms. The maximum Gasteiger partial charge on any atom is 0.294 e. The molecule has 1 N–H and O–H groups in total. The van der Waals surface area contributed by atoms with E-state index >= 15 is 0 Å². The van der Waals surface area contributed by atoms with Gasteiger partial charge in [0.05, 0.1) is 10.3 Å². The van der Waals surface area contributed by atoms with Gasteiger partial charge in [0.15, 0.2) is 12.3 Å². The first kappa shape index (κ1) is 17.1. The molecule has 1 heterocycles. The number of nitrogens with zero attached hydrogens (tertiary/aromatic N) is 1. The molecule has 0 amide bonds. The zero-order valence-electron chi connectivity index (χ0n) is 14.8. The van der Waals surface area contributed by atoms with Gasteiger partial charge in [0.2, 0.25) is 5.69 Å². The first-order chi connectivity index (χ1) is 11.0. The van der Waals surface area contributed by atoms with Crippen LogP contribution in [0.1, 0.15) is 40.2 Å². The van der Waals surface area contributed by atoms with Crippen LogP contribution in [0.3, 0.4) is 0 Å². The van der Waals surface area contributed by atoms with Gasteiger partial charge in [0.25, 0.3) is 10.1 Å². The maximum absolute atomic E-state index is 11.6. The van der Waals surface area contributed by atoms with Crippen molar-refractivity contribution in [2.75, 3.05) is 6.54 Å². The fraction of sp³-hybridized carbons (Fsp3) is 0.421. The Balaban J connectivity index is 2.35. The van der Waals surface area contributed by atoms with Crippen LogP contribution in [0.25, 0.3) is 10.8 Å². The van der Waals surface area contributed by atoms with Crippen molar-refractivity contribution in [2.24, 2.45) is 5.92 Å². The highest BCUT2D eigenvalue weighted by atomic mass is 32.2. The van der Waals surface area contributed by atoms with Gasteiger partial charge in [0, 0.05) is 24.5 Å². The second-order valence-corrected chi connectivity index (χ2v) is 8.95. The largest absolute Gasteiger partial charge is 0.294 e. The molecule has 1 aliphatic heterocycles. The highest BCUT2D eigenvalue weighted by molar-refractivity contribution is 7.85. The monoisotopic (exact) mass is 346 g/mol. The molecule has 5 heteroatoms. The quantitative estimate of drug-likeness (QED) is 0.671. The summed E-state index contributed by atoms with van der Waals surface area (Å²) in [6.07, 6.45) is 0. The minimum Gasteiger partial charge on any atom is -0.282 e. The second kappa shape index (κ2) is 5.39. The maximum atomic E-state index is 11.6. The molecule has 24 heavy (non-hydrogen) atoms. The summed E-state index contributed by atoms with van der Waals surface area (Å²) in [7, 11) is -4.22. The molecule has 1 aliphatic rings. The predicted molar refractivity (Wildman–Crippen MR) is 97.1 cm³/mol. The van der Waals surface area contributed by atoms with E-state index in [4.69, 9.17) is 0 Å². The third kappa shape index (κ3) is 2.56. The molecule has 3 rings (SSSR count). The summed E-state index contributed by atoms with van der Waals surface area (Å²) in [5.41, 5.74) is 3.33. The average molecular weight is 346 g/mol. The molecule has 2 aromatic rings. The molecule has 128 valence electrons. The molecule has 0 aliphatic carbocycles. The van der Waals surface area contributed by atoms with E-state index in [0.717, 1.165) is 28.6 Å². The molecular weight excluding hydrogens is 322 g/mol. The van der Waals surface area contributed by atoms with Gasteiger partial charge in [-0.25, -0.2) is 0 Å². The summed E-state index contributed by atoms with van der Waals surface area (Å²) in [5.74, 6) is 0.515. The van der Waals surface area contributed by atoms with Crippen LogP contribution in [0.15, 0.2) is 35.2 Å². The fourth-order valence-corrected chi connectivity index (χ4v) is 4.14. The minimum absolute atomic E-state index is 0.0563. The summed E-state index contributed by atoms with van der Waals surface area (Å²) < 4.78 is 34.8. The topological polar surface area (TPSA) is 57.4 Å². The number of benzene rings is 2. The van der Waals surface area contributed by atoms with Crippen LogP contribution in [0, 0.1) is 5.92 Å². The van der Waals surface area contributed by atoms with Crippen molar-refractivity contribution in [3.05, 3.63) is 35.9 Å². The molecule has 0 aromatic heterocycles. The second-order valence-electron chi connectivity index (χ2n) is 7.53. The third-order valence-electron chi connectivity index (χ3n) is 5.04. The Morgan fingerprint density at radius 1 is 1.17 bits per heavy atom. The predicted octanol–water partition coefficient (Wildman–Crippen LogP) is 4.14. The molecule has 0 bridgehead atoms. The average Bonchev–Trinajstić information content (AvgIpc) is 2.66. The summed E-state index contributed by atoms with van der Waals surface area (Å²) in [6, 6.07) is 8.94. The van der Waals surface area contributed by atoms with Crippen molar-refractivity contribution < 1.29 is 17.5 Å². The summed E-state index contributed by atoms with van der Waals surface area (Å²) in [6.45, 7) is 11.8. The molecule has 0 atom stereocenters. The van der Waals surface area contributed by atoms with E-state index in [1.165, 1.54) is 11.8 Å². The van der Waals surface area contributed by atoms with Crippen molar-refractivity contribution in [1.29, 1.82) is 0 Å². The number of hydrogen-bond acceptors (Lipinski definition) is 2. The molecule has 4 nitrogen and oxygen atoms in total.